The lowest BCUT2D eigenvalue weighted by molar-refractivity contribution is 0.138. The van der Waals surface area contributed by atoms with Gasteiger partial charge < -0.3 is 15.7 Å². The Morgan fingerprint density at radius 2 is 2.22 bits per heavy atom. The Labute approximate surface area is 108 Å². The molecule has 1 aliphatic rings. The van der Waals surface area contributed by atoms with Gasteiger partial charge in [-0.15, -0.1) is 0 Å². The van der Waals surface area contributed by atoms with Crippen LogP contribution < -0.4 is 10.6 Å². The average molecular weight is 250 g/mol. The van der Waals surface area contributed by atoms with Crippen molar-refractivity contribution >= 4 is 11.8 Å². The molecule has 1 aromatic heterocycles. The molecule has 0 bridgehead atoms. The molecule has 1 fully saturated rings. The van der Waals surface area contributed by atoms with Crippen LogP contribution in [-0.2, 0) is 0 Å². The predicted molar refractivity (Wildman–Crippen MR) is 72.8 cm³/mol. The van der Waals surface area contributed by atoms with Crippen LogP contribution in [0.5, 0.6) is 0 Å². The lowest BCUT2D eigenvalue weighted by Gasteiger charge is -2.16. The highest BCUT2D eigenvalue weighted by atomic mass is 16.3. The van der Waals surface area contributed by atoms with Crippen molar-refractivity contribution in [3.63, 3.8) is 0 Å². The zero-order valence-electron chi connectivity index (χ0n) is 11.1. The van der Waals surface area contributed by atoms with E-state index in [0.29, 0.717) is 11.9 Å². The van der Waals surface area contributed by atoms with E-state index < -0.39 is 0 Å². The molecule has 5 heteroatoms. The minimum Gasteiger partial charge on any atom is -0.393 e. The third-order valence-corrected chi connectivity index (χ3v) is 3.46. The topological polar surface area (TPSA) is 70.1 Å². The van der Waals surface area contributed by atoms with Crippen molar-refractivity contribution in [2.45, 2.75) is 39.2 Å². The van der Waals surface area contributed by atoms with Gasteiger partial charge >= 0.3 is 0 Å². The minimum absolute atomic E-state index is 0.159. The molecular formula is C13H22N4O. The van der Waals surface area contributed by atoms with Gasteiger partial charge in [-0.05, 0) is 26.7 Å². The summed E-state index contributed by atoms with van der Waals surface area (Å²) in [4.78, 5) is 8.64. The van der Waals surface area contributed by atoms with Crippen LogP contribution in [0.2, 0.25) is 0 Å². The molecule has 0 saturated heterocycles. The number of hydrogen-bond acceptors (Lipinski definition) is 5. The van der Waals surface area contributed by atoms with Crippen LogP contribution in [0.3, 0.4) is 0 Å². The summed E-state index contributed by atoms with van der Waals surface area (Å²) < 4.78 is 0. The zero-order valence-corrected chi connectivity index (χ0v) is 11.1. The third-order valence-electron chi connectivity index (χ3n) is 3.46. The molecule has 2 atom stereocenters. The summed E-state index contributed by atoms with van der Waals surface area (Å²) in [6, 6.07) is 0. The Kier molecular flexibility index (Phi) is 4.36. The summed E-state index contributed by atoms with van der Waals surface area (Å²) in [6.07, 6.45) is 4.81. The van der Waals surface area contributed by atoms with Crippen molar-refractivity contribution in [3.05, 3.63) is 11.8 Å². The van der Waals surface area contributed by atoms with Crippen molar-refractivity contribution in [2.24, 2.45) is 5.92 Å². The lowest BCUT2D eigenvalue weighted by atomic mass is 10.1. The molecule has 5 nitrogen and oxygen atoms in total. The first-order valence-electron chi connectivity index (χ1n) is 6.70. The fourth-order valence-electron chi connectivity index (χ4n) is 2.35. The van der Waals surface area contributed by atoms with E-state index in [2.05, 4.69) is 20.6 Å². The molecule has 0 spiro atoms. The number of rotatable bonds is 5. The number of anilines is 2. The van der Waals surface area contributed by atoms with Crippen LogP contribution in [0, 0.1) is 12.8 Å². The second kappa shape index (κ2) is 6.00. The van der Waals surface area contributed by atoms with E-state index in [1.807, 2.05) is 20.0 Å². The molecule has 1 saturated carbocycles. The molecule has 2 rings (SSSR count). The zero-order chi connectivity index (χ0) is 13.0. The van der Waals surface area contributed by atoms with Crippen LogP contribution in [0.4, 0.5) is 11.8 Å². The maximum absolute atomic E-state index is 9.79. The van der Waals surface area contributed by atoms with Crippen molar-refractivity contribution < 1.29 is 5.11 Å². The molecule has 0 aliphatic heterocycles. The van der Waals surface area contributed by atoms with Crippen LogP contribution in [-0.4, -0.2) is 34.3 Å². The van der Waals surface area contributed by atoms with E-state index in [4.69, 9.17) is 0 Å². The highest BCUT2D eigenvalue weighted by Gasteiger charge is 2.24. The first kappa shape index (κ1) is 13.1. The van der Waals surface area contributed by atoms with Gasteiger partial charge in [0.1, 0.15) is 5.82 Å². The fourth-order valence-corrected chi connectivity index (χ4v) is 2.35. The van der Waals surface area contributed by atoms with Crippen LogP contribution in [0.25, 0.3) is 0 Å². The van der Waals surface area contributed by atoms with Gasteiger partial charge in [-0.25, -0.2) is 4.98 Å². The molecule has 3 N–H and O–H groups in total. The first-order chi connectivity index (χ1) is 8.70. The number of hydrogen-bond donors (Lipinski definition) is 3. The van der Waals surface area contributed by atoms with Crippen molar-refractivity contribution in [3.8, 4) is 0 Å². The molecule has 0 aromatic carbocycles. The molecule has 0 amide bonds. The highest BCUT2D eigenvalue weighted by molar-refractivity contribution is 5.46. The smallest absolute Gasteiger partial charge is 0.224 e. The monoisotopic (exact) mass is 250 g/mol. The molecular weight excluding hydrogens is 228 g/mol. The SMILES string of the molecule is CCNc1ncc(C)c(NCC2CCCC2O)n1. The summed E-state index contributed by atoms with van der Waals surface area (Å²) in [5.41, 5.74) is 1.03. The molecule has 100 valence electrons. The number of aryl methyl sites for hydroxylation is 1. The van der Waals surface area contributed by atoms with Gasteiger partial charge in [-0.2, -0.15) is 4.98 Å². The number of aliphatic hydroxyl groups excluding tert-OH is 1. The first-order valence-corrected chi connectivity index (χ1v) is 6.70. The molecule has 1 aliphatic carbocycles. The summed E-state index contributed by atoms with van der Waals surface area (Å²) in [7, 11) is 0. The van der Waals surface area contributed by atoms with Crippen molar-refractivity contribution in [2.75, 3.05) is 23.7 Å². The highest BCUT2D eigenvalue weighted by Crippen LogP contribution is 2.26. The second-order valence-electron chi connectivity index (χ2n) is 4.89. The predicted octanol–water partition coefficient (Wildman–Crippen LogP) is 1.79. The van der Waals surface area contributed by atoms with Crippen molar-refractivity contribution in [1.82, 2.24) is 9.97 Å². The van der Waals surface area contributed by atoms with Gasteiger partial charge in [0.2, 0.25) is 5.95 Å². The van der Waals surface area contributed by atoms with E-state index in [0.717, 1.165) is 43.7 Å². The standard InChI is InChI=1S/C13H22N4O/c1-3-14-13-16-7-9(2)12(17-13)15-8-10-5-4-6-11(10)18/h7,10-11,18H,3-6,8H2,1-2H3,(H2,14,15,16,17). The van der Waals surface area contributed by atoms with Gasteiger partial charge in [-0.1, -0.05) is 6.42 Å². The maximum atomic E-state index is 9.79. The van der Waals surface area contributed by atoms with Crippen molar-refractivity contribution in [1.29, 1.82) is 0 Å². The minimum atomic E-state index is -0.159. The maximum Gasteiger partial charge on any atom is 0.224 e. The Balaban J connectivity index is 1.97. The number of nitrogens with zero attached hydrogens (tertiary/aromatic N) is 2. The molecule has 1 aromatic rings. The Hall–Kier alpha value is -1.36. The van der Waals surface area contributed by atoms with Gasteiger partial charge in [0, 0.05) is 30.8 Å². The summed E-state index contributed by atoms with van der Waals surface area (Å²) >= 11 is 0. The Morgan fingerprint density at radius 3 is 2.89 bits per heavy atom. The van der Waals surface area contributed by atoms with E-state index in [1.54, 1.807) is 0 Å². The quantitative estimate of drug-likeness (QED) is 0.743. The van der Waals surface area contributed by atoms with E-state index >= 15 is 0 Å². The van der Waals surface area contributed by atoms with Gasteiger partial charge in [0.25, 0.3) is 0 Å². The summed E-state index contributed by atoms with van der Waals surface area (Å²) in [5, 5.41) is 16.2. The third kappa shape index (κ3) is 3.10. The van der Waals surface area contributed by atoms with Crippen LogP contribution in [0.15, 0.2) is 6.20 Å². The van der Waals surface area contributed by atoms with Gasteiger partial charge in [-0.3, -0.25) is 0 Å². The number of nitrogens with one attached hydrogen (secondary N) is 2. The average Bonchev–Trinajstić information content (AvgIpc) is 2.76. The fraction of sp³-hybridized carbons (Fsp3) is 0.692. The molecule has 18 heavy (non-hydrogen) atoms. The largest absolute Gasteiger partial charge is 0.393 e. The van der Waals surface area contributed by atoms with Crippen LogP contribution in [0.1, 0.15) is 31.7 Å². The van der Waals surface area contributed by atoms with Crippen LogP contribution >= 0.6 is 0 Å². The van der Waals surface area contributed by atoms with Gasteiger partial charge in [0.15, 0.2) is 0 Å². The number of aliphatic hydroxyl groups is 1. The molecule has 1 heterocycles. The summed E-state index contributed by atoms with van der Waals surface area (Å²) in [6.45, 7) is 5.60. The molecule has 0 radical (unpaired) electrons. The normalized spacial score (nSPS) is 23.1. The second-order valence-corrected chi connectivity index (χ2v) is 4.89. The summed E-state index contributed by atoms with van der Waals surface area (Å²) in [5.74, 6) is 1.86. The van der Waals surface area contributed by atoms with E-state index in [1.165, 1.54) is 0 Å². The number of aromatic nitrogens is 2. The Morgan fingerprint density at radius 1 is 1.39 bits per heavy atom. The van der Waals surface area contributed by atoms with E-state index in [9.17, 15) is 5.11 Å². The Bertz CT molecular complexity index is 397. The molecule has 2 unspecified atom stereocenters. The van der Waals surface area contributed by atoms with E-state index in [-0.39, 0.29) is 6.10 Å². The lowest BCUT2D eigenvalue weighted by Crippen LogP contribution is -2.22. The van der Waals surface area contributed by atoms with Gasteiger partial charge in [0.05, 0.1) is 6.10 Å².